The van der Waals surface area contributed by atoms with Gasteiger partial charge in [0.2, 0.25) is 0 Å². The third-order valence-corrected chi connectivity index (χ3v) is 5.32. The van der Waals surface area contributed by atoms with Crippen molar-refractivity contribution in [1.82, 2.24) is 4.98 Å². The molecule has 1 heterocycles. The first-order valence-corrected chi connectivity index (χ1v) is 9.80. The van der Waals surface area contributed by atoms with E-state index in [0.29, 0.717) is 35.6 Å². The van der Waals surface area contributed by atoms with Crippen LogP contribution < -0.4 is 10.5 Å². The average molecular weight is 459 g/mol. The molecule has 33 heavy (non-hydrogen) atoms. The van der Waals surface area contributed by atoms with Crippen molar-refractivity contribution >= 4 is 22.7 Å². The Balaban J connectivity index is 0.000000383. The van der Waals surface area contributed by atoms with Crippen LogP contribution in [0.3, 0.4) is 0 Å². The number of ketones is 1. The zero-order chi connectivity index (χ0) is 24.6. The Morgan fingerprint density at radius 2 is 1.91 bits per heavy atom. The summed E-state index contributed by atoms with van der Waals surface area (Å²) in [5.74, 6) is -2.05. The van der Waals surface area contributed by atoms with Gasteiger partial charge in [0.05, 0.1) is 17.2 Å². The van der Waals surface area contributed by atoms with E-state index in [4.69, 9.17) is 25.6 Å². The van der Waals surface area contributed by atoms with Crippen LogP contribution in [0.4, 0.5) is 13.2 Å². The lowest BCUT2D eigenvalue weighted by molar-refractivity contribution is -0.192. The maximum Gasteiger partial charge on any atom is 0.490 e. The van der Waals surface area contributed by atoms with Crippen LogP contribution in [0.25, 0.3) is 10.9 Å². The predicted octanol–water partition coefficient (Wildman–Crippen LogP) is 3.88. The molecule has 0 atom stereocenters. The quantitative estimate of drug-likeness (QED) is 0.545. The average Bonchev–Trinajstić information content (AvgIpc) is 3.16. The summed E-state index contributed by atoms with van der Waals surface area (Å²) in [5.41, 5.74) is 9.67. The van der Waals surface area contributed by atoms with Crippen LogP contribution in [0.1, 0.15) is 46.6 Å². The van der Waals surface area contributed by atoms with Crippen LogP contribution in [0.2, 0.25) is 0 Å². The van der Waals surface area contributed by atoms with E-state index < -0.39 is 17.6 Å². The van der Waals surface area contributed by atoms with Gasteiger partial charge in [-0.15, -0.1) is 0 Å². The molecule has 1 aliphatic carbocycles. The number of alkyl halides is 3. The number of carboxylic acids is 1. The third kappa shape index (κ3) is 4.40. The second-order valence-corrected chi connectivity index (χ2v) is 7.85. The van der Waals surface area contributed by atoms with E-state index in [1.165, 1.54) is 0 Å². The lowest BCUT2D eigenvalue weighted by Gasteiger charge is -2.32. The molecule has 4 rings (SSSR count). The van der Waals surface area contributed by atoms with Gasteiger partial charge >= 0.3 is 12.1 Å². The summed E-state index contributed by atoms with van der Waals surface area (Å²) in [4.78, 5) is 25.5. The molecule has 1 aromatic heterocycles. The lowest BCUT2D eigenvalue weighted by atomic mass is 9.71. The minimum atomic E-state index is -5.08. The molecule has 0 fully saturated rings. The van der Waals surface area contributed by atoms with E-state index in [9.17, 15) is 18.0 Å². The largest absolute Gasteiger partial charge is 0.492 e. The van der Waals surface area contributed by atoms with Crippen molar-refractivity contribution in [3.63, 3.8) is 0 Å². The number of aromatic amines is 1. The number of nitriles is 1. The van der Waals surface area contributed by atoms with Gasteiger partial charge in [-0.05, 0) is 35.9 Å². The van der Waals surface area contributed by atoms with Crippen molar-refractivity contribution in [2.24, 2.45) is 5.73 Å². The highest BCUT2D eigenvalue weighted by molar-refractivity contribution is 6.20. The van der Waals surface area contributed by atoms with Crippen molar-refractivity contribution in [1.29, 1.82) is 5.26 Å². The molecule has 0 amide bonds. The van der Waals surface area contributed by atoms with Gasteiger partial charge < -0.3 is 20.6 Å². The standard InChI is InChI=1S/C21H19N3O2.C2HF3O2/c1-21(2)16-10-13(26-8-7-22)4-6-14(16)19(25)18-15-5-3-12(11-23)9-17(15)24-20(18)21;3-2(4,5)1(6)7/h3-6,9-10,24H,7-8,22H2,1-2H3;(H,6,7). The zero-order valence-corrected chi connectivity index (χ0v) is 17.7. The molecule has 10 heteroatoms. The molecular formula is C23H20F3N3O4. The van der Waals surface area contributed by atoms with Crippen LogP contribution >= 0.6 is 0 Å². The summed E-state index contributed by atoms with van der Waals surface area (Å²) in [6, 6.07) is 13.1. The molecule has 0 unspecified atom stereocenters. The van der Waals surface area contributed by atoms with E-state index >= 15 is 0 Å². The number of aliphatic carboxylic acids is 1. The van der Waals surface area contributed by atoms with E-state index in [1.54, 1.807) is 12.1 Å². The monoisotopic (exact) mass is 459 g/mol. The fraction of sp³-hybridized carbons (Fsp3) is 0.261. The number of hydrogen-bond donors (Lipinski definition) is 3. The maximum atomic E-state index is 13.2. The Kier molecular flexibility index (Phi) is 6.20. The molecule has 0 saturated heterocycles. The van der Waals surface area contributed by atoms with Gasteiger partial charge in [-0.25, -0.2) is 4.79 Å². The Bertz CT molecular complexity index is 1290. The lowest BCUT2D eigenvalue weighted by Crippen LogP contribution is -2.30. The maximum absolute atomic E-state index is 13.2. The number of nitrogens with zero attached hydrogens (tertiary/aromatic N) is 1. The number of fused-ring (bicyclic) bond motifs is 4. The summed E-state index contributed by atoms with van der Waals surface area (Å²) >= 11 is 0. The number of ether oxygens (including phenoxy) is 1. The van der Waals surface area contributed by atoms with E-state index in [1.807, 2.05) is 24.3 Å². The first kappa shape index (κ1) is 23.8. The molecule has 0 aliphatic heterocycles. The molecule has 7 nitrogen and oxygen atoms in total. The van der Waals surface area contributed by atoms with Crippen molar-refractivity contribution in [2.45, 2.75) is 25.4 Å². The summed E-state index contributed by atoms with van der Waals surface area (Å²) in [5, 5.41) is 17.1. The number of carboxylic acid groups (broad SMARTS) is 1. The highest BCUT2D eigenvalue weighted by Crippen LogP contribution is 2.44. The first-order chi connectivity index (χ1) is 15.4. The molecule has 1 aliphatic rings. The van der Waals surface area contributed by atoms with Crippen LogP contribution in [0.15, 0.2) is 36.4 Å². The number of rotatable bonds is 3. The van der Waals surface area contributed by atoms with Gasteiger partial charge in [0.15, 0.2) is 5.78 Å². The minimum Gasteiger partial charge on any atom is -0.492 e. The van der Waals surface area contributed by atoms with Gasteiger partial charge in [0.25, 0.3) is 0 Å². The van der Waals surface area contributed by atoms with Gasteiger partial charge in [0.1, 0.15) is 12.4 Å². The van der Waals surface area contributed by atoms with E-state index in [2.05, 4.69) is 24.9 Å². The highest BCUT2D eigenvalue weighted by atomic mass is 19.4. The topological polar surface area (TPSA) is 129 Å². The number of aromatic nitrogens is 1. The molecule has 4 N–H and O–H groups in total. The molecular weight excluding hydrogens is 439 g/mol. The highest BCUT2D eigenvalue weighted by Gasteiger charge is 2.40. The van der Waals surface area contributed by atoms with Crippen molar-refractivity contribution in [3.8, 4) is 11.8 Å². The van der Waals surface area contributed by atoms with Crippen LogP contribution in [-0.2, 0) is 10.2 Å². The molecule has 0 radical (unpaired) electrons. The van der Waals surface area contributed by atoms with E-state index in [-0.39, 0.29) is 5.78 Å². The summed E-state index contributed by atoms with van der Waals surface area (Å²) in [6.45, 7) is 5.04. The Labute approximate surface area is 186 Å². The SMILES string of the molecule is CC1(C)c2cc(OCCN)ccc2C(=O)c2c1[nH]c1cc(C#N)ccc21.O=C(O)C(F)(F)F. The summed E-state index contributed by atoms with van der Waals surface area (Å²) < 4.78 is 37.4. The number of nitrogens with one attached hydrogen (secondary N) is 1. The van der Waals surface area contributed by atoms with E-state index in [0.717, 1.165) is 22.2 Å². The van der Waals surface area contributed by atoms with Gasteiger partial charge in [-0.2, -0.15) is 18.4 Å². The molecule has 2 aromatic carbocycles. The number of benzene rings is 2. The Morgan fingerprint density at radius 1 is 1.24 bits per heavy atom. The second kappa shape index (κ2) is 8.60. The number of carbonyl (C=O) groups excluding carboxylic acids is 1. The normalized spacial score (nSPS) is 13.9. The molecule has 3 aromatic rings. The van der Waals surface area contributed by atoms with Crippen LogP contribution in [0, 0.1) is 11.3 Å². The number of halogens is 3. The van der Waals surface area contributed by atoms with Crippen LogP contribution in [0.5, 0.6) is 5.75 Å². The molecule has 0 bridgehead atoms. The number of hydrogen-bond acceptors (Lipinski definition) is 5. The minimum absolute atomic E-state index is 0.00402. The zero-order valence-electron chi connectivity index (χ0n) is 17.7. The van der Waals surface area contributed by atoms with Crippen molar-refractivity contribution in [2.75, 3.05) is 13.2 Å². The fourth-order valence-corrected chi connectivity index (χ4v) is 3.75. The number of H-pyrrole nitrogens is 1. The predicted molar refractivity (Wildman–Crippen MR) is 113 cm³/mol. The van der Waals surface area contributed by atoms with Gasteiger partial charge in [-0.1, -0.05) is 19.9 Å². The van der Waals surface area contributed by atoms with Crippen LogP contribution in [-0.4, -0.2) is 41.2 Å². The molecule has 172 valence electrons. The van der Waals surface area contributed by atoms with Gasteiger partial charge in [0, 0.05) is 34.1 Å². The van der Waals surface area contributed by atoms with Crippen molar-refractivity contribution < 1.29 is 32.6 Å². The first-order valence-electron chi connectivity index (χ1n) is 9.80. The molecule has 0 spiro atoms. The Morgan fingerprint density at radius 3 is 2.48 bits per heavy atom. The number of carbonyl (C=O) groups is 2. The second-order valence-electron chi connectivity index (χ2n) is 7.85. The number of nitrogens with two attached hydrogens (primary N) is 1. The fourth-order valence-electron chi connectivity index (χ4n) is 3.75. The summed E-state index contributed by atoms with van der Waals surface area (Å²) in [7, 11) is 0. The van der Waals surface area contributed by atoms with Gasteiger partial charge in [-0.3, -0.25) is 4.79 Å². The summed E-state index contributed by atoms with van der Waals surface area (Å²) in [6.07, 6.45) is -5.08. The Hall–Kier alpha value is -3.84. The smallest absolute Gasteiger partial charge is 0.490 e. The third-order valence-electron chi connectivity index (χ3n) is 5.32. The molecule has 0 saturated carbocycles. The van der Waals surface area contributed by atoms with Crippen molar-refractivity contribution in [3.05, 3.63) is 64.3 Å².